The molecule has 0 aliphatic heterocycles. The second kappa shape index (κ2) is 5.57. The van der Waals surface area contributed by atoms with Gasteiger partial charge in [-0.05, 0) is 55.0 Å². The molecule has 0 bridgehead atoms. The smallest absolute Gasteiger partial charge is 0.240 e. The fourth-order valence-electron chi connectivity index (χ4n) is 2.77. The first-order chi connectivity index (χ1) is 10.4. The van der Waals surface area contributed by atoms with Gasteiger partial charge in [0.05, 0.1) is 10.7 Å². The zero-order valence-corrected chi connectivity index (χ0v) is 13.6. The van der Waals surface area contributed by atoms with Gasteiger partial charge in [0.1, 0.15) is 10.7 Å². The van der Waals surface area contributed by atoms with Gasteiger partial charge in [-0.3, -0.25) is 0 Å². The van der Waals surface area contributed by atoms with E-state index in [-0.39, 0.29) is 0 Å². The van der Waals surface area contributed by atoms with Crippen LogP contribution in [0.15, 0.2) is 28.5 Å². The number of primary sulfonamides is 1. The van der Waals surface area contributed by atoms with E-state index < -0.39 is 20.7 Å². The number of aromatic nitrogens is 1. The maximum atomic E-state index is 14.0. The minimum absolute atomic E-state index is 0.471. The molecule has 1 aliphatic carbocycles. The van der Waals surface area contributed by atoms with Crippen molar-refractivity contribution in [3.63, 3.8) is 0 Å². The second-order valence-electron chi connectivity index (χ2n) is 5.25. The number of nitrogens with zero attached hydrogens (tertiary/aromatic N) is 1. The van der Waals surface area contributed by atoms with Crippen LogP contribution in [0.25, 0.3) is 11.1 Å². The number of rotatable bonds is 3. The van der Waals surface area contributed by atoms with E-state index in [0.717, 1.165) is 41.1 Å². The van der Waals surface area contributed by atoms with E-state index in [1.54, 1.807) is 17.4 Å². The molecule has 0 atom stereocenters. The molecule has 2 aromatic rings. The van der Waals surface area contributed by atoms with Crippen molar-refractivity contribution in [1.82, 2.24) is 4.98 Å². The molecule has 0 spiro atoms. The van der Waals surface area contributed by atoms with Crippen LogP contribution in [0.4, 0.5) is 4.39 Å². The van der Waals surface area contributed by atoms with Crippen LogP contribution in [0.3, 0.4) is 0 Å². The predicted molar refractivity (Wildman–Crippen MR) is 85.3 cm³/mol. The van der Waals surface area contributed by atoms with Gasteiger partial charge in [0.2, 0.25) is 10.0 Å². The monoisotopic (exact) mass is 338 g/mol. The maximum Gasteiger partial charge on any atom is 0.240 e. The Morgan fingerprint density at radius 2 is 2.00 bits per heavy atom. The Bertz CT molecular complexity index is 869. The molecule has 22 heavy (non-hydrogen) atoms. The van der Waals surface area contributed by atoms with Gasteiger partial charge in [-0.25, -0.2) is 22.9 Å². The Morgan fingerprint density at radius 1 is 1.27 bits per heavy atom. The zero-order valence-electron chi connectivity index (χ0n) is 12.0. The first kappa shape index (κ1) is 15.3. The van der Waals surface area contributed by atoms with E-state index >= 15 is 0 Å². The lowest BCUT2D eigenvalue weighted by atomic mass is 10.0. The summed E-state index contributed by atoms with van der Waals surface area (Å²) in [7, 11) is -4.04. The summed E-state index contributed by atoms with van der Waals surface area (Å²) in [6.45, 7) is 1.95. The molecule has 1 aromatic heterocycles. The Morgan fingerprint density at radius 3 is 2.59 bits per heavy atom. The number of aryl methyl sites for hydroxylation is 1. The van der Waals surface area contributed by atoms with Gasteiger partial charge in [-0.2, -0.15) is 0 Å². The molecule has 1 aromatic carbocycles. The summed E-state index contributed by atoms with van der Waals surface area (Å²) in [4.78, 5) is 4.03. The first-order valence-corrected chi connectivity index (χ1v) is 9.26. The van der Waals surface area contributed by atoms with Crippen molar-refractivity contribution in [2.75, 3.05) is 0 Å². The molecule has 0 saturated heterocycles. The quantitative estimate of drug-likeness (QED) is 0.933. The molecule has 7 heteroatoms. The third-order valence-corrected chi connectivity index (χ3v) is 5.45. The second-order valence-corrected chi connectivity index (χ2v) is 7.84. The molecule has 116 valence electrons. The van der Waals surface area contributed by atoms with Gasteiger partial charge in [0.25, 0.3) is 0 Å². The molecule has 1 aliphatic rings. The lowest BCUT2D eigenvalue weighted by molar-refractivity contribution is 0.568. The number of sulfonamides is 1. The Hall–Kier alpha value is -1.57. The molecule has 1 heterocycles. The predicted octanol–water partition coefficient (Wildman–Crippen LogP) is 3.33. The Balaban J connectivity index is 2.08. The summed E-state index contributed by atoms with van der Waals surface area (Å²) in [5, 5.41) is 7.99. The summed E-state index contributed by atoms with van der Waals surface area (Å²) < 4.78 is 36.6. The third kappa shape index (κ3) is 2.84. The highest BCUT2D eigenvalue weighted by atomic mass is 32.2. The average Bonchev–Trinajstić information content (AvgIpc) is 3.05. The van der Waals surface area contributed by atoms with Crippen molar-refractivity contribution in [3.8, 4) is 0 Å². The summed E-state index contributed by atoms with van der Waals surface area (Å²) in [5.74, 6) is -0.812. The maximum absolute atomic E-state index is 14.0. The fraction of sp³-hybridized carbons (Fsp3) is 0.267. The third-order valence-electron chi connectivity index (χ3n) is 3.73. The van der Waals surface area contributed by atoms with E-state index in [4.69, 9.17) is 5.14 Å². The van der Waals surface area contributed by atoms with Crippen LogP contribution in [0, 0.1) is 12.7 Å². The molecular formula is C15H15FN2O2S2. The fourth-order valence-corrected chi connectivity index (χ4v) is 3.98. The van der Waals surface area contributed by atoms with Crippen LogP contribution in [-0.2, 0) is 10.0 Å². The molecule has 0 amide bonds. The summed E-state index contributed by atoms with van der Waals surface area (Å²) in [6.07, 6.45) is 2.72. The van der Waals surface area contributed by atoms with Gasteiger partial charge in [-0.1, -0.05) is 6.07 Å². The number of hydrogen-bond acceptors (Lipinski definition) is 4. The Kier molecular flexibility index (Phi) is 3.88. The molecule has 4 nitrogen and oxygen atoms in total. The van der Waals surface area contributed by atoms with Crippen LogP contribution >= 0.6 is 11.3 Å². The van der Waals surface area contributed by atoms with Crippen molar-refractivity contribution in [2.24, 2.45) is 5.14 Å². The van der Waals surface area contributed by atoms with Crippen molar-refractivity contribution >= 4 is 32.5 Å². The average molecular weight is 338 g/mol. The van der Waals surface area contributed by atoms with Crippen LogP contribution in [0.1, 0.15) is 35.5 Å². The molecular weight excluding hydrogens is 323 g/mol. The Labute approximate surface area is 132 Å². The van der Waals surface area contributed by atoms with Crippen LogP contribution in [-0.4, -0.2) is 13.4 Å². The van der Waals surface area contributed by atoms with Gasteiger partial charge in [0.15, 0.2) is 0 Å². The highest BCUT2D eigenvalue weighted by Crippen LogP contribution is 2.40. The van der Waals surface area contributed by atoms with E-state index in [1.807, 2.05) is 12.3 Å². The normalized spacial score (nSPS) is 15.6. The molecule has 0 saturated carbocycles. The number of thiazole rings is 1. The minimum atomic E-state index is -4.04. The summed E-state index contributed by atoms with van der Waals surface area (Å²) >= 11 is 1.58. The van der Waals surface area contributed by atoms with Crippen LogP contribution in [0.5, 0.6) is 0 Å². The molecule has 3 rings (SSSR count). The number of allylic oxidation sites excluding steroid dienone is 2. The molecule has 0 unspecified atom stereocenters. The summed E-state index contributed by atoms with van der Waals surface area (Å²) in [6, 6.07) is 4.09. The van der Waals surface area contributed by atoms with E-state index in [9.17, 15) is 12.8 Å². The van der Waals surface area contributed by atoms with E-state index in [0.29, 0.717) is 5.56 Å². The van der Waals surface area contributed by atoms with E-state index in [1.165, 1.54) is 12.1 Å². The van der Waals surface area contributed by atoms with Gasteiger partial charge >= 0.3 is 0 Å². The van der Waals surface area contributed by atoms with Crippen LogP contribution in [0.2, 0.25) is 0 Å². The van der Waals surface area contributed by atoms with Crippen molar-refractivity contribution < 1.29 is 12.8 Å². The zero-order chi connectivity index (χ0) is 15.9. The van der Waals surface area contributed by atoms with Crippen LogP contribution < -0.4 is 5.14 Å². The molecule has 2 N–H and O–H groups in total. The highest BCUT2D eigenvalue weighted by molar-refractivity contribution is 7.89. The lowest BCUT2D eigenvalue weighted by Crippen LogP contribution is -2.14. The number of halogens is 1. The van der Waals surface area contributed by atoms with Gasteiger partial charge in [0, 0.05) is 5.38 Å². The molecule has 0 radical (unpaired) electrons. The molecule has 0 fully saturated rings. The largest absolute Gasteiger partial charge is 0.242 e. The highest BCUT2D eigenvalue weighted by Gasteiger charge is 2.21. The van der Waals surface area contributed by atoms with Gasteiger partial charge in [-0.15, -0.1) is 11.3 Å². The number of nitrogens with two attached hydrogens (primary N) is 1. The summed E-state index contributed by atoms with van der Waals surface area (Å²) in [5.41, 5.74) is 3.78. The lowest BCUT2D eigenvalue weighted by Gasteiger charge is -2.08. The number of benzene rings is 1. The first-order valence-electron chi connectivity index (χ1n) is 6.83. The van der Waals surface area contributed by atoms with Crippen molar-refractivity contribution in [2.45, 2.75) is 31.1 Å². The van der Waals surface area contributed by atoms with Crippen molar-refractivity contribution in [3.05, 3.63) is 45.7 Å². The van der Waals surface area contributed by atoms with Crippen molar-refractivity contribution in [1.29, 1.82) is 0 Å². The SMILES string of the molecule is Cc1nc(C2=C(c3ccc(S(N)(=O)=O)c(F)c3)CCC2)cs1. The van der Waals surface area contributed by atoms with E-state index in [2.05, 4.69) is 4.98 Å². The topological polar surface area (TPSA) is 73.0 Å². The minimum Gasteiger partial charge on any atom is -0.242 e. The standard InChI is InChI=1S/C15H15FN2O2S2/c1-9-18-14(8-21-9)12-4-2-3-11(12)10-5-6-15(13(16)7-10)22(17,19)20/h5-8H,2-4H2,1H3,(H2,17,19,20). The van der Waals surface area contributed by atoms with Gasteiger partial charge < -0.3 is 0 Å². The number of hydrogen-bond donors (Lipinski definition) is 1.